The number of rotatable bonds is 4. The van der Waals surface area contributed by atoms with Crippen molar-refractivity contribution in [3.05, 3.63) is 12.7 Å². The molecule has 0 rings (SSSR count). The highest BCUT2D eigenvalue weighted by Gasteiger charge is 2.25. The van der Waals surface area contributed by atoms with Crippen LogP contribution in [0.15, 0.2) is 12.7 Å². The second-order valence-corrected chi connectivity index (χ2v) is 4.62. The zero-order valence-electron chi connectivity index (χ0n) is 9.79. The Morgan fingerprint density at radius 1 is 1.40 bits per heavy atom. The monoisotopic (exact) mass is 213 g/mol. The lowest BCUT2D eigenvalue weighted by atomic mass is 9.99. The van der Waals surface area contributed by atoms with Crippen LogP contribution in [0.25, 0.3) is 0 Å². The molecule has 86 valence electrons. The van der Waals surface area contributed by atoms with Crippen LogP contribution in [0.3, 0.4) is 0 Å². The van der Waals surface area contributed by atoms with E-state index in [0.29, 0.717) is 0 Å². The molecule has 0 aliphatic carbocycles. The van der Waals surface area contributed by atoms with Gasteiger partial charge < -0.3 is 14.8 Å². The van der Waals surface area contributed by atoms with Crippen molar-refractivity contribution in [2.45, 2.75) is 45.3 Å². The molecule has 0 radical (unpaired) electrons. The second kappa shape index (κ2) is 4.96. The van der Waals surface area contributed by atoms with E-state index in [-0.39, 0.29) is 6.42 Å². The molecule has 0 saturated heterocycles. The zero-order valence-corrected chi connectivity index (χ0v) is 9.79. The summed E-state index contributed by atoms with van der Waals surface area (Å²) in [5, 5.41) is 2.59. The van der Waals surface area contributed by atoms with Crippen LogP contribution in [-0.4, -0.2) is 23.5 Å². The summed E-state index contributed by atoms with van der Waals surface area (Å²) < 4.78 is 5.07. The van der Waals surface area contributed by atoms with Gasteiger partial charge in [-0.3, -0.25) is 0 Å². The maximum Gasteiger partial charge on any atom is 0.408 e. The van der Waals surface area contributed by atoms with Gasteiger partial charge in [0.25, 0.3) is 0 Å². The minimum atomic E-state index is -0.746. The SMILES string of the molecule is C=C[C@@](C)(CC=O)NC(=O)OC(C)(C)C. The third kappa shape index (κ3) is 5.88. The standard InChI is InChI=1S/C11H19NO3/c1-6-11(5,7-8-13)12-9(14)15-10(2,3)4/h6,8H,1,7H2,2-5H3,(H,12,14)/t11-/m0/s1. The minimum Gasteiger partial charge on any atom is -0.444 e. The number of ether oxygens (including phenoxy) is 1. The van der Waals surface area contributed by atoms with Crippen LogP contribution in [-0.2, 0) is 9.53 Å². The van der Waals surface area contributed by atoms with Gasteiger partial charge in [-0.2, -0.15) is 0 Å². The molecule has 0 aromatic rings. The van der Waals surface area contributed by atoms with Crippen LogP contribution < -0.4 is 5.32 Å². The highest BCUT2D eigenvalue weighted by molar-refractivity contribution is 5.70. The smallest absolute Gasteiger partial charge is 0.408 e. The highest BCUT2D eigenvalue weighted by Crippen LogP contribution is 2.12. The van der Waals surface area contributed by atoms with Gasteiger partial charge in [-0.05, 0) is 27.7 Å². The number of alkyl carbamates (subject to hydrolysis) is 1. The number of amides is 1. The van der Waals surface area contributed by atoms with E-state index in [2.05, 4.69) is 11.9 Å². The van der Waals surface area contributed by atoms with E-state index in [1.165, 1.54) is 6.08 Å². The van der Waals surface area contributed by atoms with E-state index < -0.39 is 17.2 Å². The quantitative estimate of drug-likeness (QED) is 0.574. The van der Waals surface area contributed by atoms with Crippen molar-refractivity contribution in [2.75, 3.05) is 0 Å². The van der Waals surface area contributed by atoms with Crippen LogP contribution in [0, 0.1) is 0 Å². The molecule has 0 fully saturated rings. The van der Waals surface area contributed by atoms with E-state index in [4.69, 9.17) is 4.74 Å². The Morgan fingerprint density at radius 3 is 2.27 bits per heavy atom. The molecule has 0 aliphatic rings. The van der Waals surface area contributed by atoms with Gasteiger partial charge >= 0.3 is 6.09 Å². The molecule has 1 atom stereocenters. The minimum absolute atomic E-state index is 0.176. The molecule has 0 bridgehead atoms. The van der Waals surface area contributed by atoms with E-state index in [9.17, 15) is 9.59 Å². The van der Waals surface area contributed by atoms with Crippen molar-refractivity contribution in [1.82, 2.24) is 5.32 Å². The second-order valence-electron chi connectivity index (χ2n) is 4.62. The summed E-state index contributed by atoms with van der Waals surface area (Å²) in [6, 6.07) is 0. The fraction of sp³-hybridized carbons (Fsp3) is 0.636. The predicted molar refractivity (Wildman–Crippen MR) is 58.7 cm³/mol. The topological polar surface area (TPSA) is 55.4 Å². The Balaban J connectivity index is 4.37. The molecule has 15 heavy (non-hydrogen) atoms. The number of aldehydes is 1. The lowest BCUT2D eigenvalue weighted by molar-refractivity contribution is -0.108. The van der Waals surface area contributed by atoms with Crippen molar-refractivity contribution in [3.8, 4) is 0 Å². The Hall–Kier alpha value is -1.32. The summed E-state index contributed by atoms with van der Waals surface area (Å²) in [5.74, 6) is 0. The van der Waals surface area contributed by atoms with Crippen molar-refractivity contribution in [3.63, 3.8) is 0 Å². The molecule has 1 amide bonds. The molecule has 0 aromatic heterocycles. The Bertz CT molecular complexity index is 255. The molecular weight excluding hydrogens is 194 g/mol. The van der Waals surface area contributed by atoms with Gasteiger partial charge in [0, 0.05) is 6.42 Å². The number of hydrogen-bond acceptors (Lipinski definition) is 3. The Morgan fingerprint density at radius 2 is 1.93 bits per heavy atom. The van der Waals surface area contributed by atoms with Crippen LogP contribution in [0.2, 0.25) is 0 Å². The molecule has 0 aromatic carbocycles. The van der Waals surface area contributed by atoms with Gasteiger partial charge in [0.15, 0.2) is 0 Å². The number of hydrogen-bond donors (Lipinski definition) is 1. The summed E-state index contributed by atoms with van der Waals surface area (Å²) in [5.41, 5.74) is -1.29. The van der Waals surface area contributed by atoms with Crippen molar-refractivity contribution >= 4 is 12.4 Å². The van der Waals surface area contributed by atoms with Gasteiger partial charge in [-0.15, -0.1) is 6.58 Å². The molecule has 0 unspecified atom stereocenters. The largest absolute Gasteiger partial charge is 0.444 e. The van der Waals surface area contributed by atoms with Gasteiger partial charge in [0.2, 0.25) is 0 Å². The first-order chi connectivity index (χ1) is 6.72. The summed E-state index contributed by atoms with van der Waals surface area (Å²) in [6.45, 7) is 10.6. The van der Waals surface area contributed by atoms with Crippen LogP contribution in [0.5, 0.6) is 0 Å². The molecule has 4 heteroatoms. The Labute approximate surface area is 90.7 Å². The van der Waals surface area contributed by atoms with E-state index >= 15 is 0 Å². The third-order valence-electron chi connectivity index (χ3n) is 1.74. The highest BCUT2D eigenvalue weighted by atomic mass is 16.6. The lowest BCUT2D eigenvalue weighted by Crippen LogP contribution is -2.46. The van der Waals surface area contributed by atoms with Crippen molar-refractivity contribution in [2.24, 2.45) is 0 Å². The Kier molecular flexibility index (Phi) is 4.52. The van der Waals surface area contributed by atoms with Gasteiger partial charge in [-0.25, -0.2) is 4.79 Å². The van der Waals surface area contributed by atoms with Gasteiger partial charge in [0.1, 0.15) is 11.9 Å². The average Bonchev–Trinajstić information content (AvgIpc) is 2.00. The normalized spacial score (nSPS) is 14.9. The molecule has 0 spiro atoms. The first kappa shape index (κ1) is 13.7. The van der Waals surface area contributed by atoms with E-state index in [0.717, 1.165) is 6.29 Å². The number of carbonyl (C=O) groups excluding carboxylic acids is 2. The fourth-order valence-electron chi connectivity index (χ4n) is 0.895. The zero-order chi connectivity index (χ0) is 12.1. The predicted octanol–water partition coefficient (Wildman–Crippen LogP) is 2.04. The van der Waals surface area contributed by atoms with Gasteiger partial charge in [0.05, 0.1) is 5.54 Å². The molecule has 1 N–H and O–H groups in total. The number of carbonyl (C=O) groups is 2. The van der Waals surface area contributed by atoms with Crippen LogP contribution >= 0.6 is 0 Å². The van der Waals surface area contributed by atoms with Gasteiger partial charge in [-0.1, -0.05) is 6.08 Å². The fourth-order valence-corrected chi connectivity index (χ4v) is 0.895. The summed E-state index contributed by atoms with van der Waals surface area (Å²) in [6.07, 6.45) is 1.88. The van der Waals surface area contributed by atoms with Crippen LogP contribution in [0.4, 0.5) is 4.79 Å². The van der Waals surface area contributed by atoms with E-state index in [1.54, 1.807) is 27.7 Å². The third-order valence-corrected chi connectivity index (χ3v) is 1.74. The lowest BCUT2D eigenvalue weighted by Gasteiger charge is -2.27. The molecule has 0 aliphatic heterocycles. The average molecular weight is 213 g/mol. The molecule has 0 heterocycles. The van der Waals surface area contributed by atoms with Crippen molar-refractivity contribution < 1.29 is 14.3 Å². The molecule has 0 saturated carbocycles. The van der Waals surface area contributed by atoms with Crippen molar-refractivity contribution in [1.29, 1.82) is 0 Å². The summed E-state index contributed by atoms with van der Waals surface area (Å²) in [7, 11) is 0. The maximum absolute atomic E-state index is 11.4. The first-order valence-corrected chi connectivity index (χ1v) is 4.81. The summed E-state index contributed by atoms with van der Waals surface area (Å²) in [4.78, 5) is 21.8. The molecular formula is C11H19NO3. The first-order valence-electron chi connectivity index (χ1n) is 4.81. The maximum atomic E-state index is 11.4. The molecule has 4 nitrogen and oxygen atoms in total. The summed E-state index contributed by atoms with van der Waals surface area (Å²) >= 11 is 0. The number of nitrogens with one attached hydrogen (secondary N) is 1. The van der Waals surface area contributed by atoms with E-state index in [1.807, 2.05) is 0 Å². The van der Waals surface area contributed by atoms with Crippen LogP contribution in [0.1, 0.15) is 34.1 Å².